The SMILES string of the molecule is CN(C)CC1(CO)CCCN(Cc2nc(C(=O)O)co2)C1. The number of piperidine rings is 1. The molecule has 0 spiro atoms. The van der Waals surface area contributed by atoms with Gasteiger partial charge in [-0.25, -0.2) is 9.78 Å². The van der Waals surface area contributed by atoms with Gasteiger partial charge in [-0.3, -0.25) is 4.90 Å². The highest BCUT2D eigenvalue weighted by molar-refractivity contribution is 5.84. The lowest BCUT2D eigenvalue weighted by molar-refractivity contribution is 0.00778. The van der Waals surface area contributed by atoms with E-state index in [1.54, 1.807) is 0 Å². The van der Waals surface area contributed by atoms with Crippen molar-refractivity contribution in [1.82, 2.24) is 14.8 Å². The molecule has 0 radical (unpaired) electrons. The van der Waals surface area contributed by atoms with Crippen LogP contribution in [0.1, 0.15) is 29.2 Å². The fourth-order valence-corrected chi connectivity index (χ4v) is 3.10. The molecule has 7 heteroatoms. The lowest BCUT2D eigenvalue weighted by Crippen LogP contribution is -2.49. The zero-order chi connectivity index (χ0) is 15.5. The van der Waals surface area contributed by atoms with Crippen LogP contribution in [0.3, 0.4) is 0 Å². The zero-order valence-electron chi connectivity index (χ0n) is 12.6. The monoisotopic (exact) mass is 297 g/mol. The van der Waals surface area contributed by atoms with Crippen LogP contribution in [-0.4, -0.2) is 71.3 Å². The molecule has 1 atom stereocenters. The first-order valence-corrected chi connectivity index (χ1v) is 7.10. The van der Waals surface area contributed by atoms with Gasteiger partial charge in [0.1, 0.15) is 6.26 Å². The van der Waals surface area contributed by atoms with E-state index in [9.17, 15) is 9.90 Å². The van der Waals surface area contributed by atoms with Gasteiger partial charge in [0.2, 0.25) is 5.89 Å². The molecule has 1 fully saturated rings. The van der Waals surface area contributed by atoms with Gasteiger partial charge in [-0.2, -0.15) is 0 Å². The molecule has 2 N–H and O–H groups in total. The number of carboxylic acid groups (broad SMARTS) is 1. The Morgan fingerprint density at radius 3 is 2.90 bits per heavy atom. The Morgan fingerprint density at radius 1 is 1.57 bits per heavy atom. The number of aromatic nitrogens is 1. The van der Waals surface area contributed by atoms with E-state index in [4.69, 9.17) is 9.52 Å². The minimum atomic E-state index is -1.08. The van der Waals surface area contributed by atoms with E-state index >= 15 is 0 Å². The first-order valence-electron chi connectivity index (χ1n) is 7.10. The molecule has 0 saturated carbocycles. The van der Waals surface area contributed by atoms with Gasteiger partial charge in [0, 0.05) is 18.5 Å². The van der Waals surface area contributed by atoms with Crippen molar-refractivity contribution in [2.24, 2.45) is 5.41 Å². The van der Waals surface area contributed by atoms with Crippen LogP contribution in [0, 0.1) is 5.41 Å². The lowest BCUT2D eigenvalue weighted by Gasteiger charge is -2.42. The summed E-state index contributed by atoms with van der Waals surface area (Å²) >= 11 is 0. The van der Waals surface area contributed by atoms with Crippen molar-refractivity contribution in [3.63, 3.8) is 0 Å². The fraction of sp³-hybridized carbons (Fsp3) is 0.714. The van der Waals surface area contributed by atoms with Crippen molar-refractivity contribution >= 4 is 5.97 Å². The molecule has 1 aliphatic heterocycles. The molecule has 1 unspecified atom stereocenters. The highest BCUT2D eigenvalue weighted by atomic mass is 16.4. The Kier molecular flexibility index (Phi) is 4.97. The maximum Gasteiger partial charge on any atom is 0.357 e. The molecule has 1 aromatic heterocycles. The van der Waals surface area contributed by atoms with Crippen LogP contribution in [-0.2, 0) is 6.54 Å². The molecule has 0 bridgehead atoms. The summed E-state index contributed by atoms with van der Waals surface area (Å²) < 4.78 is 5.21. The third kappa shape index (κ3) is 4.03. The van der Waals surface area contributed by atoms with Gasteiger partial charge in [-0.1, -0.05) is 0 Å². The van der Waals surface area contributed by atoms with Crippen LogP contribution < -0.4 is 0 Å². The Labute approximate surface area is 124 Å². The molecule has 0 aromatic carbocycles. The molecule has 1 aromatic rings. The summed E-state index contributed by atoms with van der Waals surface area (Å²) in [5.41, 5.74) is -0.201. The van der Waals surface area contributed by atoms with Crippen molar-refractivity contribution in [3.8, 4) is 0 Å². The molecule has 2 rings (SSSR count). The van der Waals surface area contributed by atoms with Crippen molar-refractivity contribution in [1.29, 1.82) is 0 Å². The topological polar surface area (TPSA) is 90.0 Å². The number of aliphatic hydroxyl groups excluding tert-OH is 1. The van der Waals surface area contributed by atoms with Gasteiger partial charge in [-0.05, 0) is 33.5 Å². The number of oxazole rings is 1. The Bertz CT molecular complexity index is 488. The standard InChI is InChI=1S/C14H23N3O4/c1-16(2)8-14(10-18)4-3-5-17(9-14)6-12-15-11(7-21-12)13(19)20/h7,18H,3-6,8-10H2,1-2H3,(H,19,20). The second-order valence-electron chi connectivity index (χ2n) is 6.14. The summed E-state index contributed by atoms with van der Waals surface area (Å²) in [5.74, 6) is -0.674. The number of nitrogens with zero attached hydrogens (tertiary/aromatic N) is 3. The number of carbonyl (C=O) groups is 1. The van der Waals surface area contributed by atoms with Crippen molar-refractivity contribution in [2.45, 2.75) is 19.4 Å². The van der Waals surface area contributed by atoms with Crippen molar-refractivity contribution in [2.75, 3.05) is 40.3 Å². The molecular weight excluding hydrogens is 274 g/mol. The highest BCUT2D eigenvalue weighted by Gasteiger charge is 2.35. The molecule has 1 saturated heterocycles. The smallest absolute Gasteiger partial charge is 0.357 e. The quantitative estimate of drug-likeness (QED) is 0.790. The number of aliphatic hydroxyl groups is 1. The maximum atomic E-state index is 10.8. The van der Waals surface area contributed by atoms with Crippen LogP contribution in [0.4, 0.5) is 0 Å². The fourth-order valence-electron chi connectivity index (χ4n) is 3.10. The largest absolute Gasteiger partial charge is 0.476 e. The normalized spacial score (nSPS) is 23.6. The number of rotatable bonds is 6. The number of aromatic carboxylic acids is 1. The minimum absolute atomic E-state index is 0.0660. The summed E-state index contributed by atoms with van der Waals surface area (Å²) in [6.07, 6.45) is 3.16. The van der Waals surface area contributed by atoms with E-state index in [0.717, 1.165) is 32.5 Å². The van der Waals surface area contributed by atoms with Crippen LogP contribution in [0.2, 0.25) is 0 Å². The molecule has 2 heterocycles. The van der Waals surface area contributed by atoms with Crippen LogP contribution in [0.15, 0.2) is 10.7 Å². The van der Waals surface area contributed by atoms with E-state index in [1.807, 2.05) is 14.1 Å². The molecule has 21 heavy (non-hydrogen) atoms. The first-order chi connectivity index (χ1) is 9.94. The predicted molar refractivity (Wildman–Crippen MR) is 76.0 cm³/mol. The van der Waals surface area contributed by atoms with E-state index < -0.39 is 5.97 Å². The van der Waals surface area contributed by atoms with Gasteiger partial charge in [0.15, 0.2) is 5.69 Å². The Morgan fingerprint density at radius 2 is 2.33 bits per heavy atom. The van der Waals surface area contributed by atoms with Gasteiger partial charge in [0.25, 0.3) is 0 Å². The molecule has 0 amide bonds. The number of hydrogen-bond donors (Lipinski definition) is 2. The van der Waals surface area contributed by atoms with Gasteiger partial charge >= 0.3 is 5.97 Å². The average molecular weight is 297 g/mol. The van der Waals surface area contributed by atoms with E-state index in [1.165, 1.54) is 6.26 Å². The molecule has 118 valence electrons. The Hall–Kier alpha value is -1.44. The minimum Gasteiger partial charge on any atom is -0.476 e. The zero-order valence-corrected chi connectivity index (χ0v) is 12.6. The average Bonchev–Trinajstić information content (AvgIpc) is 2.87. The van der Waals surface area contributed by atoms with Crippen LogP contribution in [0.25, 0.3) is 0 Å². The third-order valence-corrected chi connectivity index (χ3v) is 3.86. The summed E-state index contributed by atoms with van der Waals surface area (Å²) in [4.78, 5) is 19.0. The first kappa shape index (κ1) is 15.9. The van der Waals surface area contributed by atoms with Crippen molar-refractivity contribution < 1.29 is 19.4 Å². The highest BCUT2D eigenvalue weighted by Crippen LogP contribution is 2.30. The number of hydrogen-bond acceptors (Lipinski definition) is 6. The van der Waals surface area contributed by atoms with Gasteiger partial charge in [-0.15, -0.1) is 0 Å². The summed E-state index contributed by atoms with van der Waals surface area (Å²) in [6, 6.07) is 0. The van der Waals surface area contributed by atoms with Crippen LogP contribution in [0.5, 0.6) is 0 Å². The van der Waals surface area contributed by atoms with Gasteiger partial charge < -0.3 is 19.5 Å². The van der Waals surface area contributed by atoms with E-state index in [-0.39, 0.29) is 17.7 Å². The number of likely N-dealkylation sites (tertiary alicyclic amines) is 1. The third-order valence-electron chi connectivity index (χ3n) is 3.86. The van der Waals surface area contributed by atoms with Crippen LogP contribution >= 0.6 is 0 Å². The molecule has 0 aliphatic carbocycles. The van der Waals surface area contributed by atoms with Gasteiger partial charge in [0.05, 0.1) is 13.2 Å². The number of carboxylic acids is 1. The summed E-state index contributed by atoms with van der Waals surface area (Å²) in [7, 11) is 4.01. The second kappa shape index (κ2) is 6.55. The predicted octanol–water partition coefficient (Wildman–Crippen LogP) is 0.509. The van der Waals surface area contributed by atoms with Crippen molar-refractivity contribution in [3.05, 3.63) is 17.8 Å². The van der Waals surface area contributed by atoms with E-state index in [0.29, 0.717) is 12.4 Å². The summed E-state index contributed by atoms with van der Waals surface area (Å²) in [6.45, 7) is 3.11. The molecule has 1 aliphatic rings. The Balaban J connectivity index is 2.01. The molecule has 7 nitrogen and oxygen atoms in total. The van der Waals surface area contributed by atoms with E-state index in [2.05, 4.69) is 14.8 Å². The molecular formula is C14H23N3O4. The summed E-state index contributed by atoms with van der Waals surface area (Å²) in [5, 5.41) is 18.6. The lowest BCUT2D eigenvalue weighted by atomic mass is 9.80. The maximum absolute atomic E-state index is 10.8. The second-order valence-corrected chi connectivity index (χ2v) is 6.14.